The highest BCUT2D eigenvalue weighted by molar-refractivity contribution is 8.26. The van der Waals surface area contributed by atoms with E-state index in [2.05, 4.69) is 5.43 Å². The van der Waals surface area contributed by atoms with Crippen LogP contribution in [0.25, 0.3) is 6.08 Å². The highest BCUT2D eigenvalue weighted by Gasteiger charge is 2.34. The maximum absolute atomic E-state index is 12.9. The first-order chi connectivity index (χ1) is 14.9. The van der Waals surface area contributed by atoms with Crippen molar-refractivity contribution in [3.8, 4) is 11.5 Å². The molecule has 6 nitrogen and oxygen atoms in total. The van der Waals surface area contributed by atoms with Crippen molar-refractivity contribution < 1.29 is 19.1 Å². The number of benzene rings is 2. The van der Waals surface area contributed by atoms with Crippen LogP contribution in [0.5, 0.6) is 11.5 Å². The first-order valence-electron chi connectivity index (χ1n) is 9.98. The van der Waals surface area contributed by atoms with Crippen LogP contribution in [0.15, 0.2) is 47.4 Å². The van der Waals surface area contributed by atoms with E-state index in [0.29, 0.717) is 35.2 Å². The minimum absolute atomic E-state index is 0.270. The van der Waals surface area contributed by atoms with Crippen molar-refractivity contribution in [2.45, 2.75) is 27.2 Å². The first-order valence-corrected chi connectivity index (χ1v) is 11.2. The first kappa shape index (κ1) is 22.8. The van der Waals surface area contributed by atoms with Crippen LogP contribution in [0.4, 0.5) is 0 Å². The summed E-state index contributed by atoms with van der Waals surface area (Å²) < 4.78 is 11.7. The summed E-state index contributed by atoms with van der Waals surface area (Å²) in [7, 11) is 0. The number of ether oxygens (including phenoxy) is 2. The number of rotatable bonds is 8. The van der Waals surface area contributed by atoms with Gasteiger partial charge in [-0.2, -0.15) is 5.01 Å². The highest BCUT2D eigenvalue weighted by atomic mass is 32.2. The van der Waals surface area contributed by atoms with E-state index in [1.807, 2.05) is 51.1 Å². The van der Waals surface area contributed by atoms with Gasteiger partial charge in [-0.3, -0.25) is 15.0 Å². The Kier molecular flexibility index (Phi) is 7.70. The van der Waals surface area contributed by atoms with E-state index in [0.717, 1.165) is 34.3 Å². The summed E-state index contributed by atoms with van der Waals surface area (Å²) >= 11 is 6.45. The standard InChI is InChI=1S/C23H24N2O4S2/c1-4-12-29-18-11-10-16(13-19(18)28-5-2)14-20-22(27)25(23(30)31-20)24-21(26)17-9-7-6-8-15(17)3/h6-11,13-14H,4-5,12H2,1-3H3,(H,24,26)/b20-14-. The van der Waals surface area contributed by atoms with E-state index in [-0.39, 0.29) is 16.1 Å². The molecule has 31 heavy (non-hydrogen) atoms. The van der Waals surface area contributed by atoms with Crippen LogP contribution >= 0.6 is 24.0 Å². The highest BCUT2D eigenvalue weighted by Crippen LogP contribution is 2.34. The fraction of sp³-hybridized carbons (Fsp3) is 0.261. The monoisotopic (exact) mass is 456 g/mol. The molecule has 1 saturated heterocycles. The number of carbonyl (C=O) groups is 2. The molecule has 0 unspecified atom stereocenters. The van der Waals surface area contributed by atoms with Crippen LogP contribution < -0.4 is 14.9 Å². The summed E-state index contributed by atoms with van der Waals surface area (Å²) in [6, 6.07) is 12.7. The summed E-state index contributed by atoms with van der Waals surface area (Å²) in [6.45, 7) is 6.87. The number of hydrazine groups is 1. The van der Waals surface area contributed by atoms with Crippen LogP contribution in [0.3, 0.4) is 0 Å². The second-order valence-corrected chi connectivity index (χ2v) is 8.44. The molecule has 8 heteroatoms. The number of carbonyl (C=O) groups excluding carboxylic acids is 2. The topological polar surface area (TPSA) is 67.9 Å². The van der Waals surface area contributed by atoms with E-state index in [9.17, 15) is 9.59 Å². The van der Waals surface area contributed by atoms with Gasteiger partial charge in [0.05, 0.1) is 18.1 Å². The molecule has 1 N–H and O–H groups in total. The molecule has 162 valence electrons. The summed E-state index contributed by atoms with van der Waals surface area (Å²) in [5.74, 6) is 0.528. The molecule has 0 aliphatic carbocycles. The molecule has 3 rings (SSSR count). The fourth-order valence-electron chi connectivity index (χ4n) is 2.92. The zero-order valence-electron chi connectivity index (χ0n) is 17.6. The summed E-state index contributed by atoms with van der Waals surface area (Å²) in [4.78, 5) is 25.9. The average Bonchev–Trinajstić information content (AvgIpc) is 3.01. The minimum Gasteiger partial charge on any atom is -0.490 e. The van der Waals surface area contributed by atoms with Crippen molar-refractivity contribution >= 4 is 46.2 Å². The number of thioether (sulfide) groups is 1. The normalized spacial score (nSPS) is 14.8. The van der Waals surface area contributed by atoms with Crippen molar-refractivity contribution in [2.75, 3.05) is 13.2 Å². The maximum Gasteiger partial charge on any atom is 0.285 e. The summed E-state index contributed by atoms with van der Waals surface area (Å²) in [5, 5.41) is 1.11. The number of nitrogens with one attached hydrogen (secondary N) is 1. The number of thiocarbonyl (C=S) groups is 1. The lowest BCUT2D eigenvalue weighted by atomic mass is 10.1. The van der Waals surface area contributed by atoms with Crippen LogP contribution in [0, 0.1) is 6.92 Å². The van der Waals surface area contributed by atoms with Crippen molar-refractivity contribution in [1.29, 1.82) is 0 Å². The molecular weight excluding hydrogens is 432 g/mol. The molecule has 0 spiro atoms. The van der Waals surface area contributed by atoms with Gasteiger partial charge in [-0.15, -0.1) is 0 Å². The van der Waals surface area contributed by atoms with E-state index >= 15 is 0 Å². The zero-order chi connectivity index (χ0) is 22.4. The number of nitrogens with zero attached hydrogens (tertiary/aromatic N) is 1. The van der Waals surface area contributed by atoms with Crippen LogP contribution in [-0.4, -0.2) is 34.4 Å². The molecule has 1 fully saturated rings. The van der Waals surface area contributed by atoms with E-state index in [1.54, 1.807) is 18.2 Å². The third-order valence-electron chi connectivity index (χ3n) is 4.42. The lowest BCUT2D eigenvalue weighted by Gasteiger charge is -2.16. The van der Waals surface area contributed by atoms with Crippen LogP contribution in [0.2, 0.25) is 0 Å². The molecule has 2 aromatic rings. The maximum atomic E-state index is 12.9. The molecular formula is C23H24N2O4S2. The third-order valence-corrected chi connectivity index (χ3v) is 5.73. The Morgan fingerprint density at radius 3 is 2.65 bits per heavy atom. The Bertz CT molecular complexity index is 1040. The van der Waals surface area contributed by atoms with Gasteiger partial charge in [0, 0.05) is 5.56 Å². The molecule has 2 aromatic carbocycles. The Morgan fingerprint density at radius 1 is 1.16 bits per heavy atom. The van der Waals surface area contributed by atoms with E-state index in [4.69, 9.17) is 21.7 Å². The Hall–Kier alpha value is -2.84. The quantitative estimate of drug-likeness (QED) is 0.458. The average molecular weight is 457 g/mol. The second kappa shape index (κ2) is 10.5. The lowest BCUT2D eigenvalue weighted by molar-refractivity contribution is -0.123. The molecule has 1 aliphatic heterocycles. The Balaban J connectivity index is 1.79. The summed E-state index contributed by atoms with van der Waals surface area (Å²) in [6.07, 6.45) is 2.62. The van der Waals surface area contributed by atoms with Crippen molar-refractivity contribution in [1.82, 2.24) is 10.4 Å². The molecule has 0 bridgehead atoms. The zero-order valence-corrected chi connectivity index (χ0v) is 19.3. The van der Waals surface area contributed by atoms with Gasteiger partial charge in [-0.1, -0.05) is 43.0 Å². The predicted octanol–water partition coefficient (Wildman–Crippen LogP) is 4.73. The molecule has 0 atom stereocenters. The van der Waals surface area contributed by atoms with E-state index < -0.39 is 0 Å². The lowest BCUT2D eigenvalue weighted by Crippen LogP contribution is -2.45. The Morgan fingerprint density at radius 2 is 1.94 bits per heavy atom. The minimum atomic E-state index is -0.383. The Labute approximate surface area is 191 Å². The van der Waals surface area contributed by atoms with Gasteiger partial charge in [0.15, 0.2) is 15.8 Å². The SMILES string of the molecule is CCCOc1ccc(/C=C2\SC(=S)N(NC(=O)c3ccccc3C)C2=O)cc1OCC. The molecule has 0 saturated carbocycles. The van der Waals surface area contributed by atoms with Gasteiger partial charge >= 0.3 is 0 Å². The van der Waals surface area contributed by atoms with Gasteiger partial charge in [-0.25, -0.2) is 0 Å². The second-order valence-electron chi connectivity index (χ2n) is 6.76. The fourth-order valence-corrected chi connectivity index (χ4v) is 4.10. The number of hydrogen-bond acceptors (Lipinski definition) is 6. The molecule has 2 amide bonds. The van der Waals surface area contributed by atoms with Crippen molar-refractivity contribution in [3.05, 3.63) is 64.1 Å². The van der Waals surface area contributed by atoms with Gasteiger partial charge in [0.1, 0.15) is 0 Å². The largest absolute Gasteiger partial charge is 0.490 e. The number of aryl methyl sites for hydroxylation is 1. The summed E-state index contributed by atoms with van der Waals surface area (Å²) in [5.41, 5.74) is 4.69. The molecule has 0 aromatic heterocycles. The van der Waals surface area contributed by atoms with Gasteiger partial charge in [0.25, 0.3) is 11.8 Å². The molecule has 0 radical (unpaired) electrons. The van der Waals surface area contributed by atoms with E-state index in [1.165, 1.54) is 0 Å². The van der Waals surface area contributed by atoms with Crippen molar-refractivity contribution in [2.24, 2.45) is 0 Å². The van der Waals surface area contributed by atoms with Gasteiger partial charge in [-0.05, 0) is 67.9 Å². The van der Waals surface area contributed by atoms with Crippen LogP contribution in [0.1, 0.15) is 41.8 Å². The smallest absolute Gasteiger partial charge is 0.285 e. The third kappa shape index (κ3) is 5.45. The number of hydrogen-bond donors (Lipinski definition) is 1. The van der Waals surface area contributed by atoms with Crippen molar-refractivity contribution in [3.63, 3.8) is 0 Å². The molecule has 1 aliphatic rings. The van der Waals surface area contributed by atoms with Gasteiger partial charge < -0.3 is 9.47 Å². The molecule has 1 heterocycles. The van der Waals surface area contributed by atoms with Crippen LogP contribution in [-0.2, 0) is 4.79 Å². The van der Waals surface area contributed by atoms with Gasteiger partial charge in [0.2, 0.25) is 0 Å². The number of amides is 2. The predicted molar refractivity (Wildman–Crippen MR) is 127 cm³/mol.